The summed E-state index contributed by atoms with van der Waals surface area (Å²) >= 11 is 0. The van der Waals surface area contributed by atoms with E-state index in [0.717, 1.165) is 0 Å². The number of halogens is 3. The van der Waals surface area contributed by atoms with Crippen LogP contribution in [0.3, 0.4) is 0 Å². The van der Waals surface area contributed by atoms with Crippen molar-refractivity contribution in [3.8, 4) is 17.2 Å². The number of carbonyl (C=O) groups excluding carboxylic acids is 1. The molecule has 0 unspecified atom stereocenters. The van der Waals surface area contributed by atoms with E-state index in [2.05, 4.69) is 10.2 Å². The molecule has 1 saturated heterocycles. The number of methoxy groups -OCH3 is 1. The van der Waals surface area contributed by atoms with Gasteiger partial charge >= 0.3 is 18.1 Å². The van der Waals surface area contributed by atoms with Crippen LogP contribution in [0.4, 0.5) is 23.7 Å². The van der Waals surface area contributed by atoms with E-state index in [1.54, 1.807) is 36.4 Å². The van der Waals surface area contributed by atoms with Gasteiger partial charge in [0.25, 0.3) is 0 Å². The summed E-state index contributed by atoms with van der Waals surface area (Å²) in [6.07, 6.45) is -4.74. The predicted molar refractivity (Wildman–Crippen MR) is 120 cm³/mol. The standard InChI is InChI=1S/C22H21F3N4O5S/c1-33-18-4-2-3-17(13-18)29(21(30)28-9-11-35(31,32)12-10-28)14-15-5-7-16(8-6-15)19-26-27-20(34-19)22(23,24)25/h2-8,13H,9-12,14H2,1H3. The van der Waals surface area contributed by atoms with Crippen LogP contribution in [-0.2, 0) is 22.6 Å². The lowest BCUT2D eigenvalue weighted by atomic mass is 10.1. The minimum absolute atomic E-state index is 0.0826. The van der Waals surface area contributed by atoms with Crippen LogP contribution in [0.15, 0.2) is 52.9 Å². The van der Waals surface area contributed by atoms with Gasteiger partial charge in [0.2, 0.25) is 5.89 Å². The van der Waals surface area contributed by atoms with E-state index >= 15 is 0 Å². The summed E-state index contributed by atoms with van der Waals surface area (Å²) < 4.78 is 71.7. The number of carbonyl (C=O) groups is 1. The van der Waals surface area contributed by atoms with Crippen molar-refractivity contribution in [2.24, 2.45) is 0 Å². The molecule has 0 radical (unpaired) electrons. The molecule has 1 aromatic heterocycles. The van der Waals surface area contributed by atoms with Crippen LogP contribution in [0.25, 0.3) is 11.5 Å². The molecule has 9 nitrogen and oxygen atoms in total. The zero-order valence-electron chi connectivity index (χ0n) is 18.5. The number of alkyl halides is 3. The minimum Gasteiger partial charge on any atom is -0.497 e. The Labute approximate surface area is 199 Å². The first-order chi connectivity index (χ1) is 16.6. The van der Waals surface area contributed by atoms with Crippen molar-refractivity contribution in [2.75, 3.05) is 36.6 Å². The average molecular weight is 510 g/mol. The molecule has 1 fully saturated rings. The lowest BCUT2D eigenvalue weighted by Gasteiger charge is -2.33. The third kappa shape index (κ3) is 5.73. The predicted octanol–water partition coefficient (Wildman–Crippen LogP) is 3.62. The van der Waals surface area contributed by atoms with Crippen molar-refractivity contribution in [1.82, 2.24) is 15.1 Å². The van der Waals surface area contributed by atoms with Crippen molar-refractivity contribution in [3.05, 3.63) is 60.0 Å². The monoisotopic (exact) mass is 510 g/mol. The zero-order valence-corrected chi connectivity index (χ0v) is 19.3. The Hall–Kier alpha value is -3.61. The number of anilines is 1. The number of nitrogens with zero attached hydrogens (tertiary/aromatic N) is 4. The molecule has 2 heterocycles. The summed E-state index contributed by atoms with van der Waals surface area (Å²) in [5.74, 6) is -1.39. The highest BCUT2D eigenvalue weighted by Crippen LogP contribution is 2.31. The summed E-state index contributed by atoms with van der Waals surface area (Å²) in [5.41, 5.74) is 1.50. The van der Waals surface area contributed by atoms with Crippen molar-refractivity contribution in [2.45, 2.75) is 12.7 Å². The van der Waals surface area contributed by atoms with Gasteiger partial charge in [-0.1, -0.05) is 18.2 Å². The molecule has 0 bridgehead atoms. The molecule has 35 heavy (non-hydrogen) atoms. The van der Waals surface area contributed by atoms with Crippen LogP contribution in [0.5, 0.6) is 5.75 Å². The number of rotatable bonds is 5. The van der Waals surface area contributed by atoms with Crippen LogP contribution in [0, 0.1) is 0 Å². The molecule has 0 N–H and O–H groups in total. The number of aromatic nitrogens is 2. The number of sulfone groups is 1. The summed E-state index contributed by atoms with van der Waals surface area (Å²) in [7, 11) is -1.67. The van der Waals surface area contributed by atoms with Crippen LogP contribution < -0.4 is 9.64 Å². The molecule has 2 amide bonds. The van der Waals surface area contributed by atoms with E-state index in [0.29, 0.717) is 17.0 Å². The average Bonchev–Trinajstić information content (AvgIpc) is 3.34. The van der Waals surface area contributed by atoms with Gasteiger partial charge in [-0.05, 0) is 29.8 Å². The Morgan fingerprint density at radius 2 is 1.80 bits per heavy atom. The van der Waals surface area contributed by atoms with Crippen LogP contribution in [0.2, 0.25) is 0 Å². The Bertz CT molecular complexity index is 1300. The molecule has 2 aromatic carbocycles. The molecule has 1 aliphatic heterocycles. The highest BCUT2D eigenvalue weighted by molar-refractivity contribution is 7.91. The number of hydrogen-bond donors (Lipinski definition) is 0. The maximum absolute atomic E-state index is 13.4. The molecule has 1 aliphatic rings. The number of ether oxygens (including phenoxy) is 1. The second-order valence-electron chi connectivity index (χ2n) is 7.82. The molecule has 0 spiro atoms. The number of urea groups is 1. The molecule has 3 aromatic rings. The number of hydrogen-bond acceptors (Lipinski definition) is 7. The van der Waals surface area contributed by atoms with E-state index in [4.69, 9.17) is 9.15 Å². The van der Waals surface area contributed by atoms with Crippen molar-refractivity contribution in [1.29, 1.82) is 0 Å². The Morgan fingerprint density at radius 1 is 1.11 bits per heavy atom. The fourth-order valence-electron chi connectivity index (χ4n) is 3.51. The van der Waals surface area contributed by atoms with Crippen molar-refractivity contribution in [3.63, 3.8) is 0 Å². The van der Waals surface area contributed by atoms with E-state index in [9.17, 15) is 26.4 Å². The van der Waals surface area contributed by atoms with Crippen LogP contribution in [0.1, 0.15) is 11.5 Å². The number of amides is 2. The van der Waals surface area contributed by atoms with E-state index in [-0.39, 0.29) is 48.6 Å². The Balaban J connectivity index is 1.58. The topological polar surface area (TPSA) is 106 Å². The molecular formula is C22H21F3N4O5S. The van der Waals surface area contributed by atoms with E-state index in [1.807, 2.05) is 0 Å². The SMILES string of the molecule is COc1cccc(N(Cc2ccc(-c3nnc(C(F)(F)F)o3)cc2)C(=O)N2CCS(=O)(=O)CC2)c1. The van der Waals surface area contributed by atoms with E-state index < -0.39 is 21.9 Å². The maximum atomic E-state index is 13.4. The third-order valence-corrected chi connectivity index (χ3v) is 7.03. The first-order valence-corrected chi connectivity index (χ1v) is 12.3. The fraction of sp³-hybridized carbons (Fsp3) is 0.318. The molecular weight excluding hydrogens is 489 g/mol. The van der Waals surface area contributed by atoms with Crippen molar-refractivity contribution < 1.29 is 35.5 Å². The van der Waals surface area contributed by atoms with Gasteiger partial charge < -0.3 is 14.1 Å². The van der Waals surface area contributed by atoms with Gasteiger partial charge in [0.05, 0.1) is 25.2 Å². The first kappa shape index (κ1) is 24.5. The smallest absolute Gasteiger partial charge is 0.470 e. The molecule has 186 valence electrons. The van der Waals surface area contributed by atoms with Gasteiger partial charge in [-0.25, -0.2) is 13.2 Å². The summed E-state index contributed by atoms with van der Waals surface area (Å²) in [6, 6.07) is 12.8. The highest BCUT2D eigenvalue weighted by atomic mass is 32.2. The lowest BCUT2D eigenvalue weighted by molar-refractivity contribution is -0.156. The molecule has 4 rings (SSSR count). The Kier molecular flexibility index (Phi) is 6.70. The summed E-state index contributed by atoms with van der Waals surface area (Å²) in [5, 5.41) is 6.46. The van der Waals surface area contributed by atoms with Gasteiger partial charge in [-0.2, -0.15) is 13.2 Å². The van der Waals surface area contributed by atoms with Gasteiger partial charge in [0.15, 0.2) is 9.84 Å². The summed E-state index contributed by atoms with van der Waals surface area (Å²) in [4.78, 5) is 16.3. The van der Waals surface area contributed by atoms with Crippen LogP contribution in [-0.4, -0.2) is 61.3 Å². The van der Waals surface area contributed by atoms with Gasteiger partial charge in [0.1, 0.15) is 5.75 Å². The number of benzene rings is 2. The Morgan fingerprint density at radius 3 is 2.40 bits per heavy atom. The molecule has 0 atom stereocenters. The van der Waals surface area contributed by atoms with Gasteiger partial charge in [0, 0.05) is 30.4 Å². The van der Waals surface area contributed by atoms with E-state index in [1.165, 1.54) is 29.0 Å². The van der Waals surface area contributed by atoms with Crippen molar-refractivity contribution >= 4 is 21.6 Å². The maximum Gasteiger partial charge on any atom is 0.470 e. The minimum atomic E-state index is -4.74. The summed E-state index contributed by atoms with van der Waals surface area (Å²) in [6.45, 7) is 0.283. The zero-order chi connectivity index (χ0) is 25.2. The lowest BCUT2D eigenvalue weighted by Crippen LogP contribution is -2.49. The third-order valence-electron chi connectivity index (χ3n) is 5.42. The van der Waals surface area contributed by atoms with Gasteiger partial charge in [-0.3, -0.25) is 4.90 Å². The molecule has 0 saturated carbocycles. The molecule has 0 aliphatic carbocycles. The van der Waals surface area contributed by atoms with Gasteiger partial charge in [-0.15, -0.1) is 10.2 Å². The largest absolute Gasteiger partial charge is 0.497 e. The highest BCUT2D eigenvalue weighted by Gasteiger charge is 2.38. The quantitative estimate of drug-likeness (QED) is 0.516. The fourth-order valence-corrected chi connectivity index (χ4v) is 4.71. The normalized spacial score (nSPS) is 15.6. The second-order valence-corrected chi connectivity index (χ2v) is 10.1. The molecule has 13 heteroatoms. The van der Waals surface area contributed by atoms with Crippen LogP contribution >= 0.6 is 0 Å². The first-order valence-electron chi connectivity index (χ1n) is 10.5. The second kappa shape index (κ2) is 9.56.